The molecule has 0 N–H and O–H groups in total. The summed E-state index contributed by atoms with van der Waals surface area (Å²) in [5.41, 5.74) is 0. The lowest BCUT2D eigenvalue weighted by molar-refractivity contribution is 0.0343. The zero-order chi connectivity index (χ0) is 11.8. The lowest BCUT2D eigenvalue weighted by Crippen LogP contribution is -2.38. The average Bonchev–Trinajstić information content (AvgIpc) is 2.34. The molecular formula is C13H26BrNO. The first kappa shape index (κ1) is 14.5. The standard InChI is InChI=1S/C13H26BrNO/c1-15(10-5-3-4-9-14)12-7-6-8-13(11-12)16-2/h12-13H,3-11H2,1-2H3. The molecule has 1 fully saturated rings. The predicted molar refractivity (Wildman–Crippen MR) is 73.3 cm³/mol. The van der Waals surface area contributed by atoms with Gasteiger partial charge in [0.25, 0.3) is 0 Å². The number of ether oxygens (including phenoxy) is 1. The monoisotopic (exact) mass is 291 g/mol. The van der Waals surface area contributed by atoms with E-state index in [1.54, 1.807) is 0 Å². The van der Waals surface area contributed by atoms with Crippen LogP contribution >= 0.6 is 15.9 Å². The summed E-state index contributed by atoms with van der Waals surface area (Å²) in [4.78, 5) is 2.54. The maximum absolute atomic E-state index is 5.48. The van der Waals surface area contributed by atoms with Crippen LogP contribution in [0.25, 0.3) is 0 Å². The Bertz CT molecular complexity index is 177. The van der Waals surface area contributed by atoms with Crippen LogP contribution in [0.1, 0.15) is 44.9 Å². The molecule has 0 aromatic carbocycles. The van der Waals surface area contributed by atoms with Gasteiger partial charge in [0.15, 0.2) is 0 Å². The second kappa shape index (κ2) is 8.48. The van der Waals surface area contributed by atoms with Crippen LogP contribution in [0.4, 0.5) is 0 Å². The van der Waals surface area contributed by atoms with Crippen LogP contribution in [0.15, 0.2) is 0 Å². The van der Waals surface area contributed by atoms with Gasteiger partial charge in [-0.1, -0.05) is 22.4 Å². The Hall–Kier alpha value is 0.400. The summed E-state index contributed by atoms with van der Waals surface area (Å²) >= 11 is 3.48. The first-order valence-corrected chi connectivity index (χ1v) is 7.69. The summed E-state index contributed by atoms with van der Waals surface area (Å²) < 4.78 is 5.48. The van der Waals surface area contributed by atoms with Crippen molar-refractivity contribution in [2.24, 2.45) is 0 Å². The molecule has 1 saturated carbocycles. The summed E-state index contributed by atoms with van der Waals surface area (Å²) in [5, 5.41) is 1.14. The van der Waals surface area contributed by atoms with Crippen LogP contribution in [-0.4, -0.2) is 43.1 Å². The molecule has 1 aliphatic carbocycles. The lowest BCUT2D eigenvalue weighted by atomic mass is 9.92. The molecule has 0 aromatic heterocycles. The van der Waals surface area contributed by atoms with Gasteiger partial charge in [-0.3, -0.25) is 0 Å². The molecule has 0 saturated heterocycles. The topological polar surface area (TPSA) is 12.5 Å². The number of hydrogen-bond acceptors (Lipinski definition) is 2. The van der Waals surface area contributed by atoms with E-state index in [1.807, 2.05) is 7.11 Å². The first-order chi connectivity index (χ1) is 7.77. The minimum atomic E-state index is 0.503. The van der Waals surface area contributed by atoms with Crippen LogP contribution in [0.5, 0.6) is 0 Å². The largest absolute Gasteiger partial charge is 0.381 e. The molecular weight excluding hydrogens is 266 g/mol. The van der Waals surface area contributed by atoms with Gasteiger partial charge in [0, 0.05) is 18.5 Å². The molecule has 0 aliphatic heterocycles. The summed E-state index contributed by atoms with van der Waals surface area (Å²) in [6.45, 7) is 1.24. The smallest absolute Gasteiger partial charge is 0.0586 e. The minimum Gasteiger partial charge on any atom is -0.381 e. The molecule has 0 aromatic rings. The molecule has 0 spiro atoms. The molecule has 0 heterocycles. The summed E-state index contributed by atoms with van der Waals surface area (Å²) in [7, 11) is 4.12. The van der Waals surface area contributed by atoms with E-state index in [9.17, 15) is 0 Å². The molecule has 2 unspecified atom stereocenters. The van der Waals surface area contributed by atoms with Crippen molar-refractivity contribution in [3.05, 3.63) is 0 Å². The van der Waals surface area contributed by atoms with Crippen LogP contribution in [0, 0.1) is 0 Å². The number of rotatable bonds is 7. The van der Waals surface area contributed by atoms with Gasteiger partial charge < -0.3 is 9.64 Å². The van der Waals surface area contributed by atoms with E-state index < -0.39 is 0 Å². The Balaban J connectivity index is 2.16. The molecule has 1 aliphatic rings. The number of unbranched alkanes of at least 4 members (excludes halogenated alkanes) is 2. The highest BCUT2D eigenvalue weighted by Crippen LogP contribution is 2.24. The zero-order valence-corrected chi connectivity index (χ0v) is 12.3. The van der Waals surface area contributed by atoms with Crippen molar-refractivity contribution in [3.63, 3.8) is 0 Å². The van der Waals surface area contributed by atoms with Gasteiger partial charge in [0.1, 0.15) is 0 Å². The second-order valence-electron chi connectivity index (χ2n) is 4.91. The van der Waals surface area contributed by atoms with E-state index in [1.165, 1.54) is 51.5 Å². The van der Waals surface area contributed by atoms with Crippen molar-refractivity contribution in [2.75, 3.05) is 26.0 Å². The maximum Gasteiger partial charge on any atom is 0.0586 e. The molecule has 3 heteroatoms. The van der Waals surface area contributed by atoms with Crippen LogP contribution < -0.4 is 0 Å². The second-order valence-corrected chi connectivity index (χ2v) is 5.70. The summed E-state index contributed by atoms with van der Waals surface area (Å²) in [5.74, 6) is 0. The highest BCUT2D eigenvalue weighted by atomic mass is 79.9. The van der Waals surface area contributed by atoms with E-state index in [4.69, 9.17) is 4.74 Å². The van der Waals surface area contributed by atoms with Crippen molar-refractivity contribution in [3.8, 4) is 0 Å². The Morgan fingerprint density at radius 1 is 1.25 bits per heavy atom. The van der Waals surface area contributed by atoms with Crippen molar-refractivity contribution in [1.29, 1.82) is 0 Å². The van der Waals surface area contributed by atoms with Gasteiger partial charge in [0.2, 0.25) is 0 Å². The molecule has 96 valence electrons. The number of nitrogens with zero attached hydrogens (tertiary/aromatic N) is 1. The molecule has 2 atom stereocenters. The predicted octanol–water partition coefficient (Wildman–Crippen LogP) is 3.44. The Morgan fingerprint density at radius 2 is 2.06 bits per heavy atom. The van der Waals surface area contributed by atoms with Gasteiger partial charge in [-0.2, -0.15) is 0 Å². The number of halogens is 1. The maximum atomic E-state index is 5.48. The molecule has 0 radical (unpaired) electrons. The van der Waals surface area contributed by atoms with Crippen LogP contribution in [0.2, 0.25) is 0 Å². The van der Waals surface area contributed by atoms with Crippen molar-refractivity contribution in [2.45, 2.75) is 57.1 Å². The van der Waals surface area contributed by atoms with Crippen molar-refractivity contribution >= 4 is 15.9 Å². The number of methoxy groups -OCH3 is 1. The summed E-state index contributed by atoms with van der Waals surface area (Å²) in [6, 6.07) is 0.752. The molecule has 1 rings (SSSR count). The van der Waals surface area contributed by atoms with Crippen molar-refractivity contribution in [1.82, 2.24) is 4.90 Å². The van der Waals surface area contributed by atoms with Crippen LogP contribution in [0.3, 0.4) is 0 Å². The third-order valence-electron chi connectivity index (χ3n) is 3.70. The highest BCUT2D eigenvalue weighted by molar-refractivity contribution is 9.09. The van der Waals surface area contributed by atoms with Crippen LogP contribution in [-0.2, 0) is 4.74 Å². The van der Waals surface area contributed by atoms with Gasteiger partial charge in [-0.05, 0) is 52.1 Å². The quantitative estimate of drug-likeness (QED) is 0.526. The SMILES string of the molecule is COC1CCCC(N(C)CCCCCBr)C1. The Labute approximate surface area is 109 Å². The molecule has 16 heavy (non-hydrogen) atoms. The fourth-order valence-electron chi connectivity index (χ4n) is 2.55. The highest BCUT2D eigenvalue weighted by Gasteiger charge is 2.24. The Morgan fingerprint density at radius 3 is 2.75 bits per heavy atom. The van der Waals surface area contributed by atoms with E-state index in [0.29, 0.717) is 6.10 Å². The molecule has 0 bridgehead atoms. The third kappa shape index (κ3) is 5.15. The van der Waals surface area contributed by atoms with Crippen molar-refractivity contribution < 1.29 is 4.74 Å². The van der Waals surface area contributed by atoms with E-state index >= 15 is 0 Å². The van der Waals surface area contributed by atoms with Gasteiger partial charge in [-0.25, -0.2) is 0 Å². The number of hydrogen-bond donors (Lipinski definition) is 0. The van der Waals surface area contributed by atoms with E-state index in [0.717, 1.165) is 11.4 Å². The third-order valence-corrected chi connectivity index (χ3v) is 4.26. The summed E-state index contributed by atoms with van der Waals surface area (Å²) in [6.07, 6.45) is 9.65. The van der Waals surface area contributed by atoms with Gasteiger partial charge in [0.05, 0.1) is 6.10 Å². The van der Waals surface area contributed by atoms with Gasteiger partial charge >= 0.3 is 0 Å². The lowest BCUT2D eigenvalue weighted by Gasteiger charge is -2.34. The zero-order valence-electron chi connectivity index (χ0n) is 10.8. The molecule has 0 amide bonds. The fraction of sp³-hybridized carbons (Fsp3) is 1.00. The minimum absolute atomic E-state index is 0.503. The number of alkyl halides is 1. The van der Waals surface area contributed by atoms with E-state index in [-0.39, 0.29) is 0 Å². The van der Waals surface area contributed by atoms with E-state index in [2.05, 4.69) is 27.9 Å². The van der Waals surface area contributed by atoms with Gasteiger partial charge in [-0.15, -0.1) is 0 Å². The Kier molecular flexibility index (Phi) is 7.67. The fourth-order valence-corrected chi connectivity index (χ4v) is 2.95. The normalized spacial score (nSPS) is 26.2. The first-order valence-electron chi connectivity index (χ1n) is 6.57. The molecule has 2 nitrogen and oxygen atoms in total. The average molecular weight is 292 g/mol.